The van der Waals surface area contributed by atoms with Crippen molar-refractivity contribution in [1.82, 2.24) is 10.6 Å². The monoisotopic (exact) mass is 813 g/mol. The van der Waals surface area contributed by atoms with Crippen molar-refractivity contribution in [3.63, 3.8) is 0 Å². The van der Waals surface area contributed by atoms with Gasteiger partial charge in [-0.3, -0.25) is 28.8 Å². The Bertz CT molecular complexity index is 2110. The number of carbonyl (C=O) groups excluding carboxylic acids is 7. The summed E-state index contributed by atoms with van der Waals surface area (Å²) in [5.41, 5.74) is -2.22. The number of aliphatic hydroxyl groups is 3. The SMILES string of the molecule is CC(=O)N[C@@H](CC1=C2NC(=O)\C(C)=C/C=C\C=C\[C@H](C)[C@@H](O)CC(=O)/C(C)=C/C[C@H](O)/C=C/[C@H](C)[C@H](O)[C@@H](C)/C=C(\C)C(=O)c3c(O)c(C)cc(c3C1=O)C2=O)C(=O)[O-]. The highest BCUT2D eigenvalue weighted by Gasteiger charge is 2.39. The third-order valence-corrected chi connectivity index (χ3v) is 10.3. The number of ketones is 4. The molecule has 0 spiro atoms. The summed E-state index contributed by atoms with van der Waals surface area (Å²) in [5, 5.41) is 60.4. The van der Waals surface area contributed by atoms with E-state index in [0.717, 1.165) is 6.92 Å². The minimum absolute atomic E-state index is 0.0241. The standard InChI is InChI=1S/C45H54N2O12/c1-22-12-10-9-11-13-25(4)44(57)47-38-32(20-33(45(58)59)46-29(8)48)42(55)36-31(43(38)56)19-28(7)41(54)37(36)40(53)27(6)18-26(5)39(52)24(3)15-17-30(49)16-14-23(2)35(51)21-34(22)50/h9-15,17-19,22,24,26,30,33-34,39,49-50,52,54H,16,20-21H2,1-8H3,(H,46,48)(H,47,57)(H,58,59)/p-1/b11-9-,12-10+,17-15+,23-14+,25-13-,27-18+/t22-,24-,26-,30-,33-,34-,39-/m0/s1. The second-order valence-electron chi connectivity index (χ2n) is 15.2. The van der Waals surface area contributed by atoms with Gasteiger partial charge in [-0.15, -0.1) is 0 Å². The van der Waals surface area contributed by atoms with Crippen LogP contribution in [0.15, 0.2) is 88.7 Å². The van der Waals surface area contributed by atoms with Crippen LogP contribution in [0.4, 0.5) is 0 Å². The third-order valence-electron chi connectivity index (χ3n) is 10.3. The molecule has 1 aliphatic carbocycles. The number of rotatable bonds is 4. The molecule has 0 fully saturated rings. The first-order valence-electron chi connectivity index (χ1n) is 19.2. The second kappa shape index (κ2) is 20.7. The number of Topliss-reactive ketones (excluding diaryl/α,β-unsaturated/α-hetero) is 4. The highest BCUT2D eigenvalue weighted by molar-refractivity contribution is 6.32. The number of aliphatic carboxylic acids is 1. The summed E-state index contributed by atoms with van der Waals surface area (Å²) in [6.45, 7) is 11.8. The summed E-state index contributed by atoms with van der Waals surface area (Å²) in [7, 11) is 0. The lowest BCUT2D eigenvalue weighted by molar-refractivity contribution is -0.308. The van der Waals surface area contributed by atoms with Gasteiger partial charge >= 0.3 is 0 Å². The van der Waals surface area contributed by atoms with E-state index in [9.17, 15) is 59.1 Å². The predicted molar refractivity (Wildman–Crippen MR) is 217 cm³/mol. The predicted octanol–water partition coefficient (Wildman–Crippen LogP) is 3.14. The molecule has 3 aliphatic rings. The Kier molecular flexibility index (Phi) is 16.7. The van der Waals surface area contributed by atoms with Gasteiger partial charge in [-0.25, -0.2) is 0 Å². The van der Waals surface area contributed by atoms with Gasteiger partial charge in [-0.2, -0.15) is 0 Å². The van der Waals surface area contributed by atoms with Crippen LogP contribution in [-0.4, -0.2) is 85.7 Å². The lowest BCUT2D eigenvalue weighted by Gasteiger charge is -2.27. The van der Waals surface area contributed by atoms with E-state index in [-0.39, 0.29) is 40.9 Å². The second-order valence-corrected chi connectivity index (χ2v) is 15.2. The summed E-state index contributed by atoms with van der Waals surface area (Å²) < 4.78 is 0. The van der Waals surface area contributed by atoms with Crippen LogP contribution in [0.1, 0.15) is 104 Å². The molecule has 1 aromatic carbocycles. The Morgan fingerprint density at radius 1 is 0.831 bits per heavy atom. The third kappa shape index (κ3) is 12.1. The number of aromatic hydroxyl groups is 1. The molecule has 316 valence electrons. The first-order chi connectivity index (χ1) is 27.6. The number of allylic oxidation sites excluding steroid dienone is 7. The average Bonchev–Trinajstić information content (AvgIpc) is 3.17. The first-order valence-corrected chi connectivity index (χ1v) is 19.2. The number of carboxylic acid groups (broad SMARTS) is 1. The number of phenols is 1. The van der Waals surface area contributed by atoms with Gasteiger partial charge in [0.2, 0.25) is 11.7 Å². The maximum absolute atomic E-state index is 14.5. The molecule has 2 aliphatic heterocycles. The number of nitrogens with one attached hydrogen (secondary N) is 2. The van der Waals surface area contributed by atoms with Crippen LogP contribution < -0.4 is 15.7 Å². The van der Waals surface area contributed by atoms with Gasteiger partial charge in [0.1, 0.15) is 5.75 Å². The van der Waals surface area contributed by atoms with Crippen LogP contribution in [0, 0.1) is 24.7 Å². The number of amides is 2. The molecule has 0 aromatic heterocycles. The highest BCUT2D eigenvalue weighted by Crippen LogP contribution is 2.38. The number of carboxylic acids is 1. The van der Waals surface area contributed by atoms with Crippen molar-refractivity contribution in [2.75, 3.05) is 0 Å². The smallest absolute Gasteiger partial charge is 0.251 e. The van der Waals surface area contributed by atoms with Crippen molar-refractivity contribution in [3.8, 4) is 5.75 Å². The molecule has 14 heteroatoms. The number of hydrogen-bond acceptors (Lipinski definition) is 12. The zero-order chi connectivity index (χ0) is 44.5. The van der Waals surface area contributed by atoms with Crippen LogP contribution in [0.3, 0.4) is 0 Å². The average molecular weight is 814 g/mol. The number of hydrogen-bond donors (Lipinski definition) is 6. The summed E-state index contributed by atoms with van der Waals surface area (Å²) in [6, 6.07) is -0.678. The Balaban J connectivity index is 2.24. The molecule has 7 atom stereocenters. The topological polar surface area (TPSA) is 248 Å². The molecular formula is C45H53N2O12-. The normalized spacial score (nSPS) is 29.3. The summed E-state index contributed by atoms with van der Waals surface area (Å²) in [6.07, 6.45) is 9.67. The zero-order valence-corrected chi connectivity index (χ0v) is 34.5. The van der Waals surface area contributed by atoms with Crippen molar-refractivity contribution in [1.29, 1.82) is 0 Å². The number of carbonyl (C=O) groups is 7. The van der Waals surface area contributed by atoms with Crippen molar-refractivity contribution in [2.24, 2.45) is 17.8 Å². The van der Waals surface area contributed by atoms with E-state index in [0.29, 0.717) is 5.57 Å². The lowest BCUT2D eigenvalue weighted by atomic mass is 9.79. The quantitative estimate of drug-likeness (QED) is 0.240. The largest absolute Gasteiger partial charge is 0.548 e. The fourth-order valence-electron chi connectivity index (χ4n) is 6.56. The van der Waals surface area contributed by atoms with E-state index in [2.05, 4.69) is 10.6 Å². The van der Waals surface area contributed by atoms with Gasteiger partial charge in [0, 0.05) is 59.8 Å². The molecule has 4 bridgehead atoms. The number of fused-ring (bicyclic) bond motifs is 18. The maximum Gasteiger partial charge on any atom is 0.251 e. The summed E-state index contributed by atoms with van der Waals surface area (Å²) in [4.78, 5) is 93.2. The van der Waals surface area contributed by atoms with E-state index >= 15 is 0 Å². The van der Waals surface area contributed by atoms with Gasteiger partial charge in [-0.05, 0) is 56.9 Å². The van der Waals surface area contributed by atoms with Crippen LogP contribution in [0.5, 0.6) is 5.75 Å². The first kappa shape index (κ1) is 47.5. The molecule has 14 nitrogen and oxygen atoms in total. The Hall–Kier alpha value is -5.83. The van der Waals surface area contributed by atoms with Gasteiger partial charge < -0.3 is 41.0 Å². The minimum Gasteiger partial charge on any atom is -0.548 e. The van der Waals surface area contributed by atoms with Gasteiger partial charge in [0.25, 0.3) is 5.91 Å². The number of benzene rings is 1. The molecule has 0 saturated heterocycles. The summed E-state index contributed by atoms with van der Waals surface area (Å²) >= 11 is 0. The van der Waals surface area contributed by atoms with Crippen molar-refractivity contribution in [2.45, 2.75) is 99.0 Å². The molecule has 2 heterocycles. The fraction of sp³-hybridized carbons (Fsp3) is 0.400. The van der Waals surface area contributed by atoms with Crippen molar-refractivity contribution in [3.05, 3.63) is 111 Å². The van der Waals surface area contributed by atoms with Crippen molar-refractivity contribution >= 4 is 40.9 Å². The fourth-order valence-corrected chi connectivity index (χ4v) is 6.56. The molecular weight excluding hydrogens is 760 g/mol. The molecule has 59 heavy (non-hydrogen) atoms. The Morgan fingerprint density at radius 3 is 2.12 bits per heavy atom. The van der Waals surface area contributed by atoms with Crippen LogP contribution in [0.25, 0.3) is 0 Å². The number of phenolic OH excluding ortho intramolecular Hbond substituents is 1. The van der Waals surface area contributed by atoms with Gasteiger partial charge in [0.05, 0.1) is 41.6 Å². The lowest BCUT2D eigenvalue weighted by Crippen LogP contribution is -2.48. The number of aryl methyl sites for hydroxylation is 1. The zero-order valence-electron chi connectivity index (χ0n) is 34.5. The highest BCUT2D eigenvalue weighted by atomic mass is 16.4. The van der Waals surface area contributed by atoms with E-state index in [4.69, 9.17) is 0 Å². The molecule has 0 saturated carbocycles. The van der Waals surface area contributed by atoms with Crippen LogP contribution >= 0.6 is 0 Å². The van der Waals surface area contributed by atoms with E-state index in [1.807, 2.05) is 0 Å². The van der Waals surface area contributed by atoms with E-state index < -0.39 is 112 Å². The van der Waals surface area contributed by atoms with E-state index in [1.165, 1.54) is 51.1 Å². The van der Waals surface area contributed by atoms with Crippen molar-refractivity contribution < 1.29 is 59.1 Å². The maximum atomic E-state index is 14.5. The van der Waals surface area contributed by atoms with Gasteiger partial charge in [0.15, 0.2) is 17.3 Å². The van der Waals surface area contributed by atoms with E-state index in [1.54, 1.807) is 58.1 Å². The Morgan fingerprint density at radius 2 is 1.49 bits per heavy atom. The van der Waals surface area contributed by atoms with Crippen LogP contribution in [0.2, 0.25) is 0 Å². The Labute approximate surface area is 343 Å². The minimum atomic E-state index is -1.85. The molecule has 0 unspecified atom stereocenters. The molecule has 4 rings (SSSR count). The molecule has 6 N–H and O–H groups in total. The number of aliphatic hydroxyl groups excluding tert-OH is 3. The molecule has 1 aromatic rings. The van der Waals surface area contributed by atoms with Crippen LogP contribution in [-0.2, 0) is 19.2 Å². The molecule has 0 radical (unpaired) electrons. The molecule has 2 amide bonds. The summed E-state index contributed by atoms with van der Waals surface area (Å²) in [5.74, 6) is -9.03. The van der Waals surface area contributed by atoms with Gasteiger partial charge in [-0.1, -0.05) is 75.5 Å².